The van der Waals surface area contributed by atoms with Gasteiger partial charge in [0.15, 0.2) is 0 Å². The maximum absolute atomic E-state index is 12.5. The van der Waals surface area contributed by atoms with Gasteiger partial charge in [-0.1, -0.05) is 29.8 Å². The fraction of sp³-hybridized carbons (Fsp3) is 0.278. The van der Waals surface area contributed by atoms with Crippen molar-refractivity contribution >= 4 is 23.3 Å². The van der Waals surface area contributed by atoms with E-state index in [-0.39, 0.29) is 17.5 Å². The lowest BCUT2D eigenvalue weighted by molar-refractivity contribution is -0.0493. The van der Waals surface area contributed by atoms with Crippen molar-refractivity contribution in [3.05, 3.63) is 58.1 Å². The first-order valence-corrected chi connectivity index (χ1v) is 8.22. The third-order valence-electron chi connectivity index (χ3n) is 4.18. The average Bonchev–Trinajstić information content (AvgIpc) is 2.92. The number of rotatable bonds is 4. The van der Waals surface area contributed by atoms with Gasteiger partial charge in [0.05, 0.1) is 11.7 Å². The van der Waals surface area contributed by atoms with E-state index in [0.29, 0.717) is 10.6 Å². The van der Waals surface area contributed by atoms with Crippen LogP contribution in [0.5, 0.6) is 5.75 Å². The smallest absolute Gasteiger partial charge is 0.387 e. The number of para-hydroxylation sites is 1. The Balaban J connectivity index is 1.72. The van der Waals surface area contributed by atoms with Crippen LogP contribution in [0.25, 0.3) is 0 Å². The van der Waals surface area contributed by atoms with Crippen LogP contribution < -0.4 is 15.4 Å². The van der Waals surface area contributed by atoms with E-state index in [0.717, 1.165) is 24.0 Å². The van der Waals surface area contributed by atoms with E-state index in [9.17, 15) is 13.6 Å². The number of nitrogens with one attached hydrogen (secondary N) is 2. The van der Waals surface area contributed by atoms with Crippen LogP contribution in [0.2, 0.25) is 5.02 Å². The SMILES string of the molecule is Cc1cccc(OC(F)F)c1NC(=O)NC1CCc2cc(Cl)ccc21. The number of alkyl halides is 2. The van der Waals surface area contributed by atoms with Crippen LogP contribution in [-0.4, -0.2) is 12.6 Å². The first-order chi connectivity index (χ1) is 11.9. The molecule has 1 aliphatic carbocycles. The molecule has 0 heterocycles. The Hall–Kier alpha value is -2.34. The number of benzene rings is 2. The molecule has 1 aliphatic rings. The molecule has 0 fully saturated rings. The molecule has 3 rings (SSSR count). The summed E-state index contributed by atoms with van der Waals surface area (Å²) in [5.41, 5.74) is 2.99. The quantitative estimate of drug-likeness (QED) is 0.794. The highest BCUT2D eigenvalue weighted by Gasteiger charge is 2.24. The first-order valence-electron chi connectivity index (χ1n) is 7.84. The van der Waals surface area contributed by atoms with Gasteiger partial charge in [0.25, 0.3) is 0 Å². The summed E-state index contributed by atoms with van der Waals surface area (Å²) in [6, 6.07) is 9.65. The molecular formula is C18H17ClF2N2O2. The molecule has 2 aromatic rings. The van der Waals surface area contributed by atoms with Gasteiger partial charge in [-0.2, -0.15) is 8.78 Å². The van der Waals surface area contributed by atoms with Gasteiger partial charge in [-0.25, -0.2) is 4.79 Å². The van der Waals surface area contributed by atoms with Crippen molar-refractivity contribution in [1.82, 2.24) is 5.32 Å². The van der Waals surface area contributed by atoms with Crippen molar-refractivity contribution < 1.29 is 18.3 Å². The van der Waals surface area contributed by atoms with Crippen LogP contribution in [0.15, 0.2) is 36.4 Å². The Morgan fingerprint density at radius 1 is 1.32 bits per heavy atom. The molecule has 132 valence electrons. The molecule has 1 atom stereocenters. The standard InChI is InChI=1S/C18H17ClF2N2O2/c1-10-3-2-4-15(25-17(20)21)16(10)23-18(24)22-14-8-5-11-9-12(19)6-7-13(11)14/h2-4,6-7,9,14,17H,5,8H2,1H3,(H2,22,23,24). The zero-order valence-electron chi connectivity index (χ0n) is 13.5. The Labute approximate surface area is 149 Å². The molecule has 4 nitrogen and oxygen atoms in total. The molecule has 0 aromatic heterocycles. The van der Waals surface area contributed by atoms with E-state index < -0.39 is 12.6 Å². The number of aryl methyl sites for hydroxylation is 2. The molecule has 7 heteroatoms. The number of carbonyl (C=O) groups is 1. The number of urea groups is 1. The maximum atomic E-state index is 12.5. The molecule has 0 saturated heterocycles. The van der Waals surface area contributed by atoms with Crippen LogP contribution in [0, 0.1) is 6.92 Å². The van der Waals surface area contributed by atoms with Crippen LogP contribution in [0.4, 0.5) is 19.3 Å². The van der Waals surface area contributed by atoms with Crippen molar-refractivity contribution in [3.63, 3.8) is 0 Å². The van der Waals surface area contributed by atoms with Crippen LogP contribution in [0.1, 0.15) is 29.2 Å². The number of hydrogen-bond acceptors (Lipinski definition) is 2. The van der Waals surface area contributed by atoms with Gasteiger partial charge in [0, 0.05) is 5.02 Å². The van der Waals surface area contributed by atoms with Crippen molar-refractivity contribution in [3.8, 4) is 5.75 Å². The first kappa shape index (κ1) is 17.5. The second kappa shape index (κ2) is 7.27. The lowest BCUT2D eigenvalue weighted by Crippen LogP contribution is -2.32. The van der Waals surface area contributed by atoms with Crippen LogP contribution in [-0.2, 0) is 6.42 Å². The average molecular weight is 367 g/mol. The molecule has 2 amide bonds. The fourth-order valence-electron chi connectivity index (χ4n) is 3.04. The second-order valence-electron chi connectivity index (χ2n) is 5.86. The highest BCUT2D eigenvalue weighted by molar-refractivity contribution is 6.30. The largest absolute Gasteiger partial charge is 0.433 e. The van der Waals surface area contributed by atoms with E-state index in [2.05, 4.69) is 15.4 Å². The van der Waals surface area contributed by atoms with E-state index >= 15 is 0 Å². The van der Waals surface area contributed by atoms with Crippen LogP contribution >= 0.6 is 11.6 Å². The van der Waals surface area contributed by atoms with Crippen molar-refractivity contribution in [2.75, 3.05) is 5.32 Å². The summed E-state index contributed by atoms with van der Waals surface area (Å²) in [6.45, 7) is -1.25. The van der Waals surface area contributed by atoms with Gasteiger partial charge in [-0.3, -0.25) is 0 Å². The molecule has 1 unspecified atom stereocenters. The summed E-state index contributed by atoms with van der Waals surface area (Å²) >= 11 is 5.99. The number of carbonyl (C=O) groups excluding carboxylic acids is 1. The van der Waals surface area contributed by atoms with Crippen molar-refractivity contribution in [2.24, 2.45) is 0 Å². The summed E-state index contributed by atoms with van der Waals surface area (Å²) in [4.78, 5) is 12.3. The number of hydrogen-bond donors (Lipinski definition) is 2. The summed E-state index contributed by atoms with van der Waals surface area (Å²) < 4.78 is 29.5. The zero-order valence-corrected chi connectivity index (χ0v) is 14.2. The van der Waals surface area contributed by atoms with Crippen molar-refractivity contribution in [1.29, 1.82) is 0 Å². The van der Waals surface area contributed by atoms with E-state index in [1.54, 1.807) is 25.1 Å². The predicted octanol–water partition coefficient (Wildman–Crippen LogP) is 5.06. The molecule has 2 aromatic carbocycles. The topological polar surface area (TPSA) is 50.4 Å². The number of amides is 2. The molecule has 0 spiro atoms. The van der Waals surface area contributed by atoms with Crippen LogP contribution in [0.3, 0.4) is 0 Å². The van der Waals surface area contributed by atoms with Gasteiger partial charge in [-0.05, 0) is 54.7 Å². The van der Waals surface area contributed by atoms with E-state index in [1.807, 2.05) is 12.1 Å². The van der Waals surface area contributed by atoms with Gasteiger partial charge in [0.1, 0.15) is 5.75 Å². The molecule has 0 saturated carbocycles. The summed E-state index contributed by atoms with van der Waals surface area (Å²) in [7, 11) is 0. The van der Waals surface area contributed by atoms with Crippen molar-refractivity contribution in [2.45, 2.75) is 32.4 Å². The van der Waals surface area contributed by atoms with Gasteiger partial charge in [-0.15, -0.1) is 0 Å². The minimum atomic E-state index is -2.96. The minimum Gasteiger partial charge on any atom is -0.433 e. The fourth-order valence-corrected chi connectivity index (χ4v) is 3.23. The number of ether oxygens (including phenoxy) is 1. The van der Waals surface area contributed by atoms with Gasteiger partial charge >= 0.3 is 12.6 Å². The Bertz CT molecular complexity index is 799. The summed E-state index contributed by atoms with van der Waals surface area (Å²) in [5, 5.41) is 6.16. The monoisotopic (exact) mass is 366 g/mol. The number of halogens is 3. The van der Waals surface area contributed by atoms with E-state index in [1.165, 1.54) is 6.07 Å². The third kappa shape index (κ3) is 4.02. The predicted molar refractivity (Wildman–Crippen MR) is 92.5 cm³/mol. The third-order valence-corrected chi connectivity index (χ3v) is 4.41. The maximum Gasteiger partial charge on any atom is 0.387 e. The lowest BCUT2D eigenvalue weighted by atomic mass is 10.1. The molecule has 0 bridgehead atoms. The summed E-state index contributed by atoms with van der Waals surface area (Å²) in [6.07, 6.45) is 1.59. The lowest BCUT2D eigenvalue weighted by Gasteiger charge is -2.18. The Morgan fingerprint density at radius 3 is 2.88 bits per heavy atom. The number of fused-ring (bicyclic) bond motifs is 1. The van der Waals surface area contributed by atoms with E-state index in [4.69, 9.17) is 11.6 Å². The van der Waals surface area contributed by atoms with Gasteiger partial charge in [0.2, 0.25) is 0 Å². The highest BCUT2D eigenvalue weighted by Crippen LogP contribution is 2.33. The highest BCUT2D eigenvalue weighted by atomic mass is 35.5. The minimum absolute atomic E-state index is 0.0660. The normalized spacial score (nSPS) is 15.8. The summed E-state index contributed by atoms with van der Waals surface area (Å²) in [5.74, 6) is -0.0660. The zero-order chi connectivity index (χ0) is 18.0. The second-order valence-corrected chi connectivity index (χ2v) is 6.30. The Morgan fingerprint density at radius 2 is 2.12 bits per heavy atom. The number of anilines is 1. The molecule has 0 aliphatic heterocycles. The Kier molecular flexibility index (Phi) is 5.08. The molecular weight excluding hydrogens is 350 g/mol. The van der Waals surface area contributed by atoms with Gasteiger partial charge < -0.3 is 15.4 Å². The molecule has 2 N–H and O–H groups in total. The molecule has 0 radical (unpaired) electrons. The molecule has 25 heavy (non-hydrogen) atoms.